The van der Waals surface area contributed by atoms with E-state index in [9.17, 15) is 9.59 Å². The number of rotatable bonds is 4. The monoisotopic (exact) mass is 329 g/mol. The summed E-state index contributed by atoms with van der Waals surface area (Å²) in [6, 6.07) is 9.58. The molecule has 0 radical (unpaired) electrons. The molecule has 120 valence electrons. The van der Waals surface area contributed by atoms with Gasteiger partial charge >= 0.3 is 6.03 Å². The Morgan fingerprint density at radius 2 is 2.22 bits per heavy atom. The average molecular weight is 329 g/mol. The number of aryl methyl sites for hydroxylation is 1. The highest BCUT2D eigenvalue weighted by Gasteiger charge is 2.17. The van der Waals surface area contributed by atoms with Gasteiger partial charge in [0.15, 0.2) is 0 Å². The molecule has 1 aliphatic heterocycles. The summed E-state index contributed by atoms with van der Waals surface area (Å²) in [6.07, 6.45) is 1.26. The molecule has 1 aliphatic rings. The van der Waals surface area contributed by atoms with Crippen molar-refractivity contribution in [3.8, 4) is 0 Å². The third-order valence-electron chi connectivity index (χ3n) is 3.88. The number of hydrogen-bond acceptors (Lipinski definition) is 3. The molecule has 1 atom stereocenters. The second-order valence-corrected chi connectivity index (χ2v) is 6.63. The lowest BCUT2D eigenvalue weighted by atomic mass is 9.98. The van der Waals surface area contributed by atoms with Crippen molar-refractivity contribution in [3.63, 3.8) is 0 Å². The van der Waals surface area contributed by atoms with E-state index in [1.165, 1.54) is 0 Å². The number of urea groups is 1. The molecule has 1 aromatic heterocycles. The van der Waals surface area contributed by atoms with Crippen LogP contribution in [0.4, 0.5) is 10.5 Å². The van der Waals surface area contributed by atoms with Crippen molar-refractivity contribution in [1.82, 2.24) is 10.6 Å². The molecule has 2 aromatic rings. The molecule has 23 heavy (non-hydrogen) atoms. The summed E-state index contributed by atoms with van der Waals surface area (Å²) < 4.78 is 0. The minimum absolute atomic E-state index is 0.0596. The minimum Gasteiger partial charge on any atom is -0.333 e. The number of thiophene rings is 1. The molecule has 0 bridgehead atoms. The van der Waals surface area contributed by atoms with E-state index in [0.717, 1.165) is 28.1 Å². The van der Waals surface area contributed by atoms with Crippen molar-refractivity contribution in [2.75, 3.05) is 5.32 Å². The van der Waals surface area contributed by atoms with Gasteiger partial charge in [-0.25, -0.2) is 4.79 Å². The van der Waals surface area contributed by atoms with Crippen molar-refractivity contribution in [1.29, 1.82) is 0 Å². The Bertz CT molecular complexity index is 713. The van der Waals surface area contributed by atoms with E-state index in [2.05, 4.69) is 22.0 Å². The lowest BCUT2D eigenvalue weighted by molar-refractivity contribution is -0.116. The summed E-state index contributed by atoms with van der Waals surface area (Å²) >= 11 is 1.62. The highest BCUT2D eigenvalue weighted by molar-refractivity contribution is 7.09. The largest absolute Gasteiger partial charge is 0.333 e. The van der Waals surface area contributed by atoms with Gasteiger partial charge in [0.2, 0.25) is 5.91 Å². The summed E-state index contributed by atoms with van der Waals surface area (Å²) in [5.41, 5.74) is 3.03. The van der Waals surface area contributed by atoms with Crippen LogP contribution in [0.5, 0.6) is 0 Å². The number of carbonyl (C=O) groups is 2. The van der Waals surface area contributed by atoms with E-state index >= 15 is 0 Å². The number of amides is 3. The first-order valence-electron chi connectivity index (χ1n) is 7.61. The Kier molecular flexibility index (Phi) is 4.62. The minimum atomic E-state index is -0.183. The molecule has 0 unspecified atom stereocenters. The zero-order valence-corrected chi connectivity index (χ0v) is 13.7. The van der Waals surface area contributed by atoms with Crippen LogP contribution in [0.3, 0.4) is 0 Å². The molecule has 5 nitrogen and oxygen atoms in total. The zero-order valence-electron chi connectivity index (χ0n) is 12.9. The Balaban J connectivity index is 1.58. The molecule has 3 amide bonds. The van der Waals surface area contributed by atoms with Gasteiger partial charge in [-0.05, 0) is 42.0 Å². The second-order valence-electron chi connectivity index (χ2n) is 5.59. The number of nitrogens with one attached hydrogen (secondary N) is 3. The smallest absolute Gasteiger partial charge is 0.315 e. The van der Waals surface area contributed by atoms with Gasteiger partial charge in [0, 0.05) is 17.0 Å². The molecule has 0 aliphatic carbocycles. The maximum absolute atomic E-state index is 12.0. The standard InChI is InChI=1S/C17H19N3O2S/c1-11(19-17(22)18-10-14-3-2-8-23-14)12-4-6-15-13(9-12)5-7-16(21)20-15/h2-4,6,8-9,11H,5,7,10H2,1H3,(H,20,21)(H2,18,19,22)/t11-/m0/s1. The molecule has 0 saturated carbocycles. The van der Waals surface area contributed by atoms with Gasteiger partial charge in [0.1, 0.15) is 0 Å². The zero-order chi connectivity index (χ0) is 16.2. The van der Waals surface area contributed by atoms with E-state index in [1.54, 1.807) is 11.3 Å². The SMILES string of the molecule is C[C@H](NC(=O)NCc1cccs1)c1ccc2c(c1)CCC(=O)N2. The number of carbonyl (C=O) groups excluding carboxylic acids is 2. The van der Waals surface area contributed by atoms with Gasteiger partial charge in [-0.1, -0.05) is 18.2 Å². The quantitative estimate of drug-likeness (QED) is 0.806. The van der Waals surface area contributed by atoms with Crippen molar-refractivity contribution < 1.29 is 9.59 Å². The summed E-state index contributed by atoms with van der Waals surface area (Å²) in [6.45, 7) is 2.49. The molecule has 1 aromatic carbocycles. The summed E-state index contributed by atoms with van der Waals surface area (Å²) in [5, 5.41) is 10.7. The van der Waals surface area contributed by atoms with Gasteiger partial charge in [-0.2, -0.15) is 0 Å². The predicted octanol–water partition coefficient (Wildman–Crippen LogP) is 3.19. The van der Waals surface area contributed by atoms with Crippen molar-refractivity contribution in [2.45, 2.75) is 32.4 Å². The maximum Gasteiger partial charge on any atom is 0.315 e. The van der Waals surface area contributed by atoms with Crippen molar-refractivity contribution in [2.24, 2.45) is 0 Å². The molecular weight excluding hydrogens is 310 g/mol. The first-order chi connectivity index (χ1) is 11.1. The molecule has 3 rings (SSSR count). The van der Waals surface area contributed by atoms with Gasteiger partial charge < -0.3 is 16.0 Å². The van der Waals surface area contributed by atoms with E-state index in [4.69, 9.17) is 0 Å². The van der Waals surface area contributed by atoms with Gasteiger partial charge in [0.05, 0.1) is 12.6 Å². The van der Waals surface area contributed by atoms with Crippen molar-refractivity contribution >= 4 is 29.0 Å². The third-order valence-corrected chi connectivity index (χ3v) is 4.75. The lowest BCUT2D eigenvalue weighted by Gasteiger charge is -2.20. The van der Waals surface area contributed by atoms with Crippen LogP contribution in [-0.2, 0) is 17.8 Å². The highest BCUT2D eigenvalue weighted by Crippen LogP contribution is 2.26. The van der Waals surface area contributed by atoms with E-state index in [1.807, 2.05) is 36.6 Å². The first kappa shape index (κ1) is 15.6. The first-order valence-corrected chi connectivity index (χ1v) is 8.49. The summed E-state index contributed by atoms with van der Waals surface area (Å²) in [5.74, 6) is 0.0596. The Hall–Kier alpha value is -2.34. The van der Waals surface area contributed by atoms with Crippen LogP contribution in [0.2, 0.25) is 0 Å². The van der Waals surface area contributed by atoms with Crippen LogP contribution >= 0.6 is 11.3 Å². The fourth-order valence-corrected chi connectivity index (χ4v) is 3.23. The summed E-state index contributed by atoms with van der Waals surface area (Å²) in [7, 11) is 0. The number of hydrogen-bond donors (Lipinski definition) is 3. The lowest BCUT2D eigenvalue weighted by Crippen LogP contribution is -2.36. The second kappa shape index (κ2) is 6.83. The summed E-state index contributed by atoms with van der Waals surface area (Å²) in [4.78, 5) is 24.5. The molecule has 3 N–H and O–H groups in total. The van der Waals surface area contributed by atoms with Crippen LogP contribution < -0.4 is 16.0 Å². The Morgan fingerprint density at radius 3 is 3.00 bits per heavy atom. The maximum atomic E-state index is 12.0. The molecular formula is C17H19N3O2S. The van der Waals surface area contributed by atoms with Crippen molar-refractivity contribution in [3.05, 3.63) is 51.7 Å². The highest BCUT2D eigenvalue weighted by atomic mass is 32.1. The third kappa shape index (κ3) is 3.90. The molecule has 0 saturated heterocycles. The van der Waals surface area contributed by atoms with Gasteiger partial charge in [-0.15, -0.1) is 11.3 Å². The van der Waals surface area contributed by atoms with Gasteiger partial charge in [0.25, 0.3) is 0 Å². The van der Waals surface area contributed by atoms with Crippen LogP contribution in [-0.4, -0.2) is 11.9 Å². The fourth-order valence-electron chi connectivity index (χ4n) is 2.58. The number of fused-ring (bicyclic) bond motifs is 1. The van der Waals surface area contributed by atoms with E-state index in [0.29, 0.717) is 13.0 Å². The average Bonchev–Trinajstić information content (AvgIpc) is 3.05. The predicted molar refractivity (Wildman–Crippen MR) is 91.5 cm³/mol. The Labute approximate surface area is 139 Å². The normalized spacial score (nSPS) is 14.6. The fraction of sp³-hybridized carbons (Fsp3) is 0.294. The Morgan fingerprint density at radius 1 is 1.35 bits per heavy atom. The van der Waals surface area contributed by atoms with E-state index in [-0.39, 0.29) is 18.0 Å². The van der Waals surface area contributed by atoms with E-state index < -0.39 is 0 Å². The van der Waals surface area contributed by atoms with Crippen LogP contribution in [0.15, 0.2) is 35.7 Å². The van der Waals surface area contributed by atoms with Crippen LogP contribution in [0.1, 0.15) is 35.4 Å². The van der Waals surface area contributed by atoms with Crippen LogP contribution in [0, 0.1) is 0 Å². The molecule has 2 heterocycles. The number of anilines is 1. The van der Waals surface area contributed by atoms with Gasteiger partial charge in [-0.3, -0.25) is 4.79 Å². The number of benzene rings is 1. The molecule has 0 fully saturated rings. The molecule has 0 spiro atoms. The topological polar surface area (TPSA) is 70.2 Å². The van der Waals surface area contributed by atoms with Crippen LogP contribution in [0.25, 0.3) is 0 Å². The molecule has 6 heteroatoms.